The van der Waals surface area contributed by atoms with Gasteiger partial charge in [0.05, 0.1) is 4.90 Å². The molecule has 2 N–H and O–H groups in total. The molecule has 8 heteroatoms. The number of amides is 2. The Labute approximate surface area is 182 Å². The second-order valence-electron chi connectivity index (χ2n) is 8.43. The molecule has 0 radical (unpaired) electrons. The lowest BCUT2D eigenvalue weighted by atomic mass is 10.1. The van der Waals surface area contributed by atoms with Crippen LogP contribution >= 0.6 is 0 Å². The van der Waals surface area contributed by atoms with Crippen molar-refractivity contribution in [3.05, 3.63) is 65.2 Å². The molecule has 31 heavy (non-hydrogen) atoms. The van der Waals surface area contributed by atoms with E-state index in [1.54, 1.807) is 31.3 Å². The summed E-state index contributed by atoms with van der Waals surface area (Å²) in [5.41, 5.74) is 1.80. The molecule has 0 heterocycles. The van der Waals surface area contributed by atoms with E-state index in [1.165, 1.54) is 17.0 Å². The SMILES string of the molecule is CN(Cc1ccc(C(=O)NC2CC2)cc1)C(=O)c1cccc(S(=O)(=O)NCC2CC2)c1. The highest BCUT2D eigenvalue weighted by atomic mass is 32.2. The summed E-state index contributed by atoms with van der Waals surface area (Å²) in [6.45, 7) is 0.787. The van der Waals surface area contributed by atoms with Crippen molar-refractivity contribution in [3.8, 4) is 0 Å². The molecule has 0 atom stereocenters. The largest absolute Gasteiger partial charge is 0.349 e. The van der Waals surface area contributed by atoms with Crippen LogP contribution < -0.4 is 10.0 Å². The molecule has 0 unspecified atom stereocenters. The van der Waals surface area contributed by atoms with E-state index in [1.807, 2.05) is 12.1 Å². The third-order valence-corrected chi connectivity index (χ3v) is 6.97. The van der Waals surface area contributed by atoms with Gasteiger partial charge in [0.1, 0.15) is 0 Å². The molecule has 0 aromatic heterocycles. The number of hydrogen-bond donors (Lipinski definition) is 2. The lowest BCUT2D eigenvalue weighted by molar-refractivity contribution is 0.0784. The Kier molecular flexibility index (Phi) is 6.11. The van der Waals surface area contributed by atoms with Gasteiger partial charge in [0.2, 0.25) is 10.0 Å². The van der Waals surface area contributed by atoms with Crippen molar-refractivity contribution >= 4 is 21.8 Å². The molecule has 0 aliphatic heterocycles. The summed E-state index contributed by atoms with van der Waals surface area (Å²) >= 11 is 0. The highest BCUT2D eigenvalue weighted by Crippen LogP contribution is 2.28. The number of nitrogens with zero attached hydrogens (tertiary/aromatic N) is 1. The third-order valence-electron chi connectivity index (χ3n) is 5.55. The van der Waals surface area contributed by atoms with Gasteiger partial charge in [0.15, 0.2) is 0 Å². The minimum atomic E-state index is -3.63. The van der Waals surface area contributed by atoms with Gasteiger partial charge in [-0.25, -0.2) is 13.1 Å². The monoisotopic (exact) mass is 441 g/mol. The zero-order valence-corrected chi connectivity index (χ0v) is 18.3. The molecular formula is C23H27N3O4S. The number of nitrogens with one attached hydrogen (secondary N) is 2. The van der Waals surface area contributed by atoms with Crippen LogP contribution in [0.25, 0.3) is 0 Å². The molecule has 164 valence electrons. The Balaban J connectivity index is 1.38. The average molecular weight is 442 g/mol. The molecule has 0 spiro atoms. The van der Waals surface area contributed by atoms with Gasteiger partial charge in [0.25, 0.3) is 11.8 Å². The predicted molar refractivity (Wildman–Crippen MR) is 117 cm³/mol. The van der Waals surface area contributed by atoms with Crippen LogP contribution in [-0.4, -0.2) is 44.8 Å². The van der Waals surface area contributed by atoms with Gasteiger partial charge in [-0.3, -0.25) is 9.59 Å². The first-order valence-corrected chi connectivity index (χ1v) is 12.0. The van der Waals surface area contributed by atoms with Crippen LogP contribution in [-0.2, 0) is 16.6 Å². The molecule has 4 rings (SSSR count). The van der Waals surface area contributed by atoms with Gasteiger partial charge < -0.3 is 10.2 Å². The quantitative estimate of drug-likeness (QED) is 0.625. The van der Waals surface area contributed by atoms with E-state index in [9.17, 15) is 18.0 Å². The summed E-state index contributed by atoms with van der Waals surface area (Å²) in [4.78, 5) is 26.6. The average Bonchev–Trinajstić information content (AvgIpc) is 3.68. The van der Waals surface area contributed by atoms with Crippen LogP contribution in [0.2, 0.25) is 0 Å². The van der Waals surface area contributed by atoms with Crippen molar-refractivity contribution in [2.45, 2.75) is 43.2 Å². The standard InChI is InChI=1S/C23H27N3O4S/c1-26(15-17-7-9-18(10-8-17)22(27)25-20-11-12-20)23(28)19-3-2-4-21(13-19)31(29,30)24-14-16-5-6-16/h2-4,7-10,13,16,20,24H,5-6,11-12,14-15H2,1H3,(H,25,27). The van der Waals surface area contributed by atoms with Gasteiger partial charge in [-0.05, 0) is 67.5 Å². The zero-order chi connectivity index (χ0) is 22.0. The van der Waals surface area contributed by atoms with Crippen LogP contribution in [0.15, 0.2) is 53.4 Å². The summed E-state index contributed by atoms with van der Waals surface area (Å²) in [5, 5.41) is 2.95. The number of hydrogen-bond acceptors (Lipinski definition) is 4. The van der Waals surface area contributed by atoms with E-state index in [-0.39, 0.29) is 16.7 Å². The van der Waals surface area contributed by atoms with Crippen molar-refractivity contribution in [3.63, 3.8) is 0 Å². The zero-order valence-electron chi connectivity index (χ0n) is 17.5. The molecule has 2 fully saturated rings. The number of benzene rings is 2. The molecule has 7 nitrogen and oxygen atoms in total. The van der Waals surface area contributed by atoms with E-state index in [4.69, 9.17) is 0 Å². The Morgan fingerprint density at radius 3 is 2.35 bits per heavy atom. The van der Waals surface area contributed by atoms with Crippen LogP contribution in [0.3, 0.4) is 0 Å². The van der Waals surface area contributed by atoms with E-state index in [0.29, 0.717) is 36.2 Å². The van der Waals surface area contributed by atoms with E-state index >= 15 is 0 Å². The Hall–Kier alpha value is -2.71. The van der Waals surface area contributed by atoms with Crippen LogP contribution in [0.4, 0.5) is 0 Å². The molecule has 0 saturated heterocycles. The van der Waals surface area contributed by atoms with E-state index < -0.39 is 10.0 Å². The Morgan fingerprint density at radius 1 is 1.00 bits per heavy atom. The fourth-order valence-corrected chi connectivity index (χ4v) is 4.41. The Morgan fingerprint density at radius 2 is 1.71 bits per heavy atom. The van der Waals surface area contributed by atoms with Gasteiger partial charge >= 0.3 is 0 Å². The number of rotatable bonds is 9. The number of sulfonamides is 1. The summed E-state index contributed by atoms with van der Waals surface area (Å²) in [6.07, 6.45) is 4.18. The normalized spacial score (nSPS) is 16.0. The van der Waals surface area contributed by atoms with Crippen molar-refractivity contribution in [2.75, 3.05) is 13.6 Å². The maximum absolute atomic E-state index is 12.9. The highest BCUT2D eigenvalue weighted by Gasteiger charge is 2.25. The first-order valence-electron chi connectivity index (χ1n) is 10.6. The maximum atomic E-state index is 12.9. The van der Waals surface area contributed by atoms with Crippen LogP contribution in [0, 0.1) is 5.92 Å². The molecule has 2 amide bonds. The van der Waals surface area contributed by atoms with Crippen molar-refractivity contribution in [1.82, 2.24) is 14.9 Å². The minimum Gasteiger partial charge on any atom is -0.349 e. The third kappa shape index (κ3) is 5.71. The van der Waals surface area contributed by atoms with Crippen molar-refractivity contribution in [1.29, 1.82) is 0 Å². The summed E-state index contributed by atoms with van der Waals surface area (Å²) < 4.78 is 27.6. The summed E-state index contributed by atoms with van der Waals surface area (Å²) in [6, 6.07) is 13.6. The molecule has 2 aromatic rings. The van der Waals surface area contributed by atoms with Crippen molar-refractivity contribution < 1.29 is 18.0 Å². The second kappa shape index (κ2) is 8.80. The number of carbonyl (C=O) groups is 2. The van der Waals surface area contributed by atoms with Gasteiger partial charge in [-0.15, -0.1) is 0 Å². The molecule has 2 aliphatic rings. The molecule has 2 aliphatic carbocycles. The van der Waals surface area contributed by atoms with Crippen LogP contribution in [0.5, 0.6) is 0 Å². The Bertz CT molecular complexity index is 1070. The van der Waals surface area contributed by atoms with Gasteiger partial charge in [0, 0.05) is 37.3 Å². The predicted octanol–water partition coefficient (Wildman–Crippen LogP) is 2.54. The second-order valence-corrected chi connectivity index (χ2v) is 10.2. The first kappa shape index (κ1) is 21.5. The minimum absolute atomic E-state index is 0.0770. The molecule has 0 bridgehead atoms. The summed E-state index contributed by atoms with van der Waals surface area (Å²) in [7, 11) is -1.96. The van der Waals surface area contributed by atoms with Gasteiger partial charge in [-0.2, -0.15) is 0 Å². The van der Waals surface area contributed by atoms with Gasteiger partial charge in [-0.1, -0.05) is 18.2 Å². The molecule has 2 saturated carbocycles. The van der Waals surface area contributed by atoms with Crippen LogP contribution in [0.1, 0.15) is 52.0 Å². The highest BCUT2D eigenvalue weighted by molar-refractivity contribution is 7.89. The van der Waals surface area contributed by atoms with E-state index in [0.717, 1.165) is 31.2 Å². The first-order chi connectivity index (χ1) is 14.8. The molecular weight excluding hydrogens is 414 g/mol. The lowest BCUT2D eigenvalue weighted by Gasteiger charge is -2.18. The number of carbonyl (C=O) groups excluding carboxylic acids is 2. The smallest absolute Gasteiger partial charge is 0.253 e. The topological polar surface area (TPSA) is 95.6 Å². The molecule has 2 aromatic carbocycles. The summed E-state index contributed by atoms with van der Waals surface area (Å²) in [5.74, 6) is 0.0819. The fraction of sp³-hybridized carbons (Fsp3) is 0.391. The van der Waals surface area contributed by atoms with Crippen molar-refractivity contribution in [2.24, 2.45) is 5.92 Å². The maximum Gasteiger partial charge on any atom is 0.253 e. The van der Waals surface area contributed by atoms with E-state index in [2.05, 4.69) is 10.0 Å². The fourth-order valence-electron chi connectivity index (χ4n) is 3.25. The lowest BCUT2D eigenvalue weighted by Crippen LogP contribution is -2.28.